The third-order valence-corrected chi connectivity index (χ3v) is 8.57. The minimum atomic E-state index is -1.12. The molecule has 1 nitrogen and oxygen atoms in total. The van der Waals surface area contributed by atoms with Gasteiger partial charge in [-0.2, -0.15) is 0 Å². The third-order valence-electron chi connectivity index (χ3n) is 8.57. The molecule has 0 N–H and O–H groups in total. The summed E-state index contributed by atoms with van der Waals surface area (Å²) in [7, 11) is 0. The number of rotatable bonds is 3. The third kappa shape index (κ3) is 4.22. The lowest BCUT2D eigenvalue weighted by atomic mass is 9.84. The van der Waals surface area contributed by atoms with Crippen molar-refractivity contribution in [1.29, 1.82) is 0 Å². The monoisotopic (exact) mass is 676 g/mol. The molecule has 0 aliphatic carbocycles. The van der Waals surface area contributed by atoms with Gasteiger partial charge in [-0.1, -0.05) is 157 Å². The van der Waals surface area contributed by atoms with Crippen molar-refractivity contribution in [2.24, 2.45) is 0 Å². The normalized spacial score (nSPS) is 20.2. The van der Waals surface area contributed by atoms with E-state index in [-0.39, 0.29) is 0 Å². The molecule has 1 aromatic heterocycles. The maximum Gasteiger partial charge on any atom is 0.136 e. The smallest absolute Gasteiger partial charge is 0.136 e. The first-order chi connectivity index (χ1) is 37.8. The van der Waals surface area contributed by atoms with Crippen LogP contribution in [-0.4, -0.2) is 0 Å². The Hall–Kier alpha value is -6.70. The maximum absolute atomic E-state index is 9.82. The van der Waals surface area contributed by atoms with Gasteiger partial charge in [0.2, 0.25) is 0 Å². The van der Waals surface area contributed by atoms with Gasteiger partial charge < -0.3 is 4.42 Å². The van der Waals surface area contributed by atoms with E-state index in [1.165, 1.54) is 0 Å². The lowest BCUT2D eigenvalue weighted by Gasteiger charge is -2.19. The van der Waals surface area contributed by atoms with Crippen LogP contribution in [0.25, 0.3) is 109 Å². The molecule has 11 aromatic rings. The molecule has 51 heavy (non-hydrogen) atoms. The molecule has 0 fully saturated rings. The van der Waals surface area contributed by atoms with Gasteiger partial charge in [0.05, 0.1) is 41.1 Å². The van der Waals surface area contributed by atoms with Crippen molar-refractivity contribution in [3.63, 3.8) is 0 Å². The van der Waals surface area contributed by atoms with E-state index in [9.17, 15) is 20.6 Å². The van der Waals surface area contributed by atoms with E-state index in [1.54, 1.807) is 0 Å². The summed E-state index contributed by atoms with van der Waals surface area (Å²) in [5.41, 5.74) is -6.05. The minimum absolute atomic E-state index is 0.412. The highest BCUT2D eigenvalue weighted by Gasteiger charge is 2.19. The molecule has 0 bridgehead atoms. The highest BCUT2D eigenvalue weighted by molar-refractivity contribution is 6.25. The van der Waals surface area contributed by atoms with Gasteiger partial charge in [0.1, 0.15) is 11.2 Å². The number of hydrogen-bond acceptors (Lipinski definition) is 1. The van der Waals surface area contributed by atoms with Crippen LogP contribution in [-0.2, 0) is 0 Å². The molecule has 0 spiro atoms. The fourth-order valence-corrected chi connectivity index (χ4v) is 6.42. The van der Waals surface area contributed by atoms with Crippen molar-refractivity contribution in [2.75, 3.05) is 0 Å². The second-order valence-electron chi connectivity index (χ2n) is 11.3. The van der Waals surface area contributed by atoms with Gasteiger partial charge in [0.25, 0.3) is 0 Å². The molecular weight excluding hydrogens is 617 g/mol. The molecule has 0 radical (unpaired) electrons. The zero-order valence-corrected chi connectivity index (χ0v) is 25.4. The molecule has 0 saturated heterocycles. The van der Waals surface area contributed by atoms with Crippen LogP contribution < -0.4 is 0 Å². The Bertz CT molecular complexity index is 4850. The molecule has 0 amide bonds. The molecule has 236 valence electrons. The SMILES string of the molecule is [2H]c1c(-c2c([2H])c([2H])c([2H])c3c(-c4c5c([2H])c([2H])c([2H])c([2H])c5c(-c5c([2H])c([2H])c6c([2H])c([2H])c([2H])c([2H])c6c5[2H])c5c([2H])c([2H])c([2H])c([2H])c45)c([2H])c([2H])c([2H])c23)c([2H])c2c(oc3c([2H])c([2H])c4c([2H])c([2H])c([2H])c([2H])c4c32)c1[2H]. The van der Waals surface area contributed by atoms with Gasteiger partial charge >= 0.3 is 0 Å². The predicted molar refractivity (Wildman–Crippen MR) is 218 cm³/mol. The summed E-state index contributed by atoms with van der Waals surface area (Å²) in [6.45, 7) is 0. The summed E-state index contributed by atoms with van der Waals surface area (Å²) >= 11 is 0. The predicted octanol–water partition coefficient (Wildman–Crippen LogP) is 14.4. The van der Waals surface area contributed by atoms with Crippen LogP contribution in [0, 0.1) is 0 Å². The van der Waals surface area contributed by atoms with Gasteiger partial charge in [-0.05, 0) is 111 Å². The second-order valence-corrected chi connectivity index (χ2v) is 11.3. The number of furan rings is 1. The Balaban J connectivity index is 1.42. The molecule has 11 rings (SSSR count). The Morgan fingerprint density at radius 2 is 0.843 bits per heavy atom. The van der Waals surface area contributed by atoms with Crippen LogP contribution in [0.3, 0.4) is 0 Å². The van der Waals surface area contributed by atoms with Crippen LogP contribution in [0.4, 0.5) is 0 Å². The molecule has 0 aliphatic heterocycles. The van der Waals surface area contributed by atoms with E-state index < -0.39 is 290 Å². The van der Waals surface area contributed by atoms with Crippen molar-refractivity contribution in [2.45, 2.75) is 0 Å². The van der Waals surface area contributed by atoms with Gasteiger partial charge in [0, 0.05) is 10.8 Å². The Morgan fingerprint density at radius 3 is 1.59 bits per heavy atom. The highest BCUT2D eigenvalue weighted by atomic mass is 16.3. The molecule has 1 heteroatoms. The number of benzene rings is 10. The lowest BCUT2D eigenvalue weighted by Crippen LogP contribution is -1.92. The quantitative estimate of drug-likeness (QED) is 0.170. The van der Waals surface area contributed by atoms with Crippen LogP contribution in [0.1, 0.15) is 41.1 Å². The fraction of sp³-hybridized carbons (Fsp3) is 0. The van der Waals surface area contributed by atoms with E-state index in [1.807, 2.05) is 0 Å². The highest BCUT2D eigenvalue weighted by Crippen LogP contribution is 2.47. The average Bonchev–Trinajstić information content (AvgIpc) is 3.22. The molecule has 0 atom stereocenters. The molecular formula is C50H30O. The van der Waals surface area contributed by atoms with Crippen LogP contribution in [0.15, 0.2) is 186 Å². The van der Waals surface area contributed by atoms with Gasteiger partial charge in [-0.25, -0.2) is 0 Å². The van der Waals surface area contributed by atoms with Crippen LogP contribution >= 0.6 is 0 Å². The first-order valence-electron chi connectivity index (χ1n) is 30.2. The van der Waals surface area contributed by atoms with Gasteiger partial charge in [0.15, 0.2) is 0 Å². The minimum Gasteiger partial charge on any atom is -0.456 e. The van der Waals surface area contributed by atoms with E-state index in [4.69, 9.17) is 25.0 Å². The summed E-state index contributed by atoms with van der Waals surface area (Å²) in [5, 5.41) is -7.93. The maximum atomic E-state index is 9.82. The number of hydrogen-bond donors (Lipinski definition) is 0. The Morgan fingerprint density at radius 1 is 0.314 bits per heavy atom. The second kappa shape index (κ2) is 10.9. The average molecular weight is 677 g/mol. The molecule has 1 heterocycles. The summed E-state index contributed by atoms with van der Waals surface area (Å²) in [6, 6.07) is -28.5. The van der Waals surface area contributed by atoms with E-state index in [0.29, 0.717) is 0 Å². The zero-order chi connectivity index (χ0) is 59.6. The van der Waals surface area contributed by atoms with Crippen molar-refractivity contribution >= 4 is 75.8 Å². The molecule has 10 aromatic carbocycles. The topological polar surface area (TPSA) is 13.1 Å². The molecule has 0 unspecified atom stereocenters. The van der Waals surface area contributed by atoms with E-state index in [0.717, 1.165) is 0 Å². The van der Waals surface area contributed by atoms with E-state index in [2.05, 4.69) is 0 Å². The summed E-state index contributed by atoms with van der Waals surface area (Å²) in [5.74, 6) is 0. The largest absolute Gasteiger partial charge is 0.456 e. The van der Waals surface area contributed by atoms with Crippen molar-refractivity contribution < 1.29 is 45.5 Å². The van der Waals surface area contributed by atoms with Gasteiger partial charge in [-0.15, -0.1) is 0 Å². The van der Waals surface area contributed by atoms with Crippen LogP contribution in [0.2, 0.25) is 0 Å². The first-order valence-corrected chi connectivity index (χ1v) is 15.2. The Kier molecular flexibility index (Phi) is 2.50. The number of fused-ring (bicyclic) bond motifs is 9. The van der Waals surface area contributed by atoms with E-state index >= 15 is 0 Å². The summed E-state index contributed by atoms with van der Waals surface area (Å²) in [6.07, 6.45) is 0. The standard InChI is InChI=1S/C50H30O/c1-2-13-33-29-35(24-23-31(33)11-1)48-41-15-5-7-17-43(41)49(44-18-8-6-16-42(44)48)40-22-10-20-38-36(19-9-21-39(38)40)34-26-27-46-45(30-34)50-37-14-4-3-12-32(37)25-28-47(50)51-46/h1-30H/i1D,2D,3D,4D,5D,6D,7D,8D,9D,10D,11D,12D,13D,14D,15D,16D,17D,18D,19D,20D,21D,22D,23D,24D,25D,26D,27D,28D,29D,30D. The summed E-state index contributed by atoms with van der Waals surface area (Å²) in [4.78, 5) is 0. The Labute approximate surface area is 336 Å². The molecule has 0 saturated carbocycles. The molecule has 0 aliphatic rings. The van der Waals surface area contributed by atoms with Crippen molar-refractivity contribution in [3.05, 3.63) is 181 Å². The zero-order valence-electron chi connectivity index (χ0n) is 55.4. The van der Waals surface area contributed by atoms with Crippen molar-refractivity contribution in [3.8, 4) is 33.4 Å². The fourth-order valence-electron chi connectivity index (χ4n) is 6.42. The lowest BCUT2D eigenvalue weighted by molar-refractivity contribution is 0.669. The van der Waals surface area contributed by atoms with Gasteiger partial charge in [-0.3, -0.25) is 0 Å². The summed E-state index contributed by atoms with van der Waals surface area (Å²) < 4.78 is 279. The van der Waals surface area contributed by atoms with Crippen LogP contribution in [0.5, 0.6) is 0 Å². The van der Waals surface area contributed by atoms with Crippen molar-refractivity contribution in [1.82, 2.24) is 0 Å². The first kappa shape index (κ1) is 11.7.